The Morgan fingerprint density at radius 3 is 2.44 bits per heavy atom. The van der Waals surface area contributed by atoms with E-state index < -0.39 is 0 Å². The number of nitrogens with two attached hydrogens (primary N) is 1. The van der Waals surface area contributed by atoms with Crippen LogP contribution in [0.4, 0.5) is 0 Å². The van der Waals surface area contributed by atoms with Crippen LogP contribution in [-0.4, -0.2) is 20.8 Å². The predicted octanol–water partition coefficient (Wildman–Crippen LogP) is 1.96. The molecular formula is C14H18N2O2. The zero-order valence-corrected chi connectivity index (χ0v) is 10.8. The average molecular weight is 246 g/mol. The molecule has 0 unspecified atom stereocenters. The van der Waals surface area contributed by atoms with E-state index in [1.54, 1.807) is 14.2 Å². The lowest BCUT2D eigenvalue weighted by Crippen LogP contribution is -2.41. The summed E-state index contributed by atoms with van der Waals surface area (Å²) in [7, 11) is 3.12. The van der Waals surface area contributed by atoms with Gasteiger partial charge in [-0.05, 0) is 30.5 Å². The Labute approximate surface area is 107 Å². The van der Waals surface area contributed by atoms with Crippen molar-refractivity contribution in [2.45, 2.75) is 24.7 Å². The van der Waals surface area contributed by atoms with Gasteiger partial charge in [0.25, 0.3) is 0 Å². The maximum atomic E-state index is 9.21. The fourth-order valence-electron chi connectivity index (χ4n) is 2.57. The Hall–Kier alpha value is -1.73. The zero-order chi connectivity index (χ0) is 13.2. The van der Waals surface area contributed by atoms with E-state index in [2.05, 4.69) is 6.07 Å². The highest BCUT2D eigenvalue weighted by Crippen LogP contribution is 2.46. The molecule has 2 rings (SSSR count). The van der Waals surface area contributed by atoms with Crippen LogP contribution in [0.5, 0.6) is 11.5 Å². The lowest BCUT2D eigenvalue weighted by atomic mass is 9.64. The number of nitriles is 1. The van der Waals surface area contributed by atoms with Crippen molar-refractivity contribution >= 4 is 0 Å². The Kier molecular flexibility index (Phi) is 3.44. The second-order valence-corrected chi connectivity index (χ2v) is 4.71. The second-order valence-electron chi connectivity index (χ2n) is 4.71. The summed E-state index contributed by atoms with van der Waals surface area (Å²) >= 11 is 0. The summed E-state index contributed by atoms with van der Waals surface area (Å²) in [5.41, 5.74) is 7.51. The molecule has 0 bridgehead atoms. The third kappa shape index (κ3) is 1.81. The summed E-state index contributed by atoms with van der Waals surface area (Å²) in [6.45, 7) is 0.605. The van der Waals surface area contributed by atoms with E-state index in [1.165, 1.54) is 6.42 Å². The largest absolute Gasteiger partial charge is 0.493 e. The molecule has 1 aliphatic rings. The summed E-state index contributed by atoms with van der Waals surface area (Å²) in [5.74, 6) is 1.10. The lowest BCUT2D eigenvalue weighted by molar-refractivity contribution is 0.251. The third-order valence-electron chi connectivity index (χ3n) is 3.91. The summed E-state index contributed by atoms with van der Waals surface area (Å²) in [5, 5.41) is 9.21. The molecule has 1 fully saturated rings. The van der Waals surface area contributed by atoms with Crippen LogP contribution in [0, 0.1) is 11.3 Å². The standard InChI is InChI=1S/C14H18N2O2/c1-17-12-7-11(14(9-16)4-3-5-14)6-10(8-15)13(12)18-2/h6-7H,3-5,9,16H2,1-2H3. The van der Waals surface area contributed by atoms with Crippen LogP contribution in [0.2, 0.25) is 0 Å². The van der Waals surface area contributed by atoms with E-state index in [0.29, 0.717) is 23.6 Å². The van der Waals surface area contributed by atoms with E-state index in [9.17, 15) is 5.26 Å². The van der Waals surface area contributed by atoms with E-state index in [-0.39, 0.29) is 5.41 Å². The quantitative estimate of drug-likeness (QED) is 0.881. The zero-order valence-electron chi connectivity index (χ0n) is 10.8. The van der Waals surface area contributed by atoms with Gasteiger partial charge in [0, 0.05) is 12.0 Å². The molecule has 4 nitrogen and oxygen atoms in total. The highest BCUT2D eigenvalue weighted by molar-refractivity contribution is 5.56. The first kappa shape index (κ1) is 12.7. The normalized spacial score (nSPS) is 16.6. The topological polar surface area (TPSA) is 68.3 Å². The minimum absolute atomic E-state index is 0.0190. The molecule has 2 N–H and O–H groups in total. The molecular weight excluding hydrogens is 228 g/mol. The van der Waals surface area contributed by atoms with Crippen LogP contribution in [0.15, 0.2) is 12.1 Å². The van der Waals surface area contributed by atoms with Crippen molar-refractivity contribution in [3.05, 3.63) is 23.3 Å². The fraction of sp³-hybridized carbons (Fsp3) is 0.500. The first-order valence-electron chi connectivity index (χ1n) is 6.07. The first-order chi connectivity index (χ1) is 8.70. The van der Waals surface area contributed by atoms with Crippen LogP contribution in [0.3, 0.4) is 0 Å². The minimum atomic E-state index is 0.0190. The van der Waals surface area contributed by atoms with Gasteiger partial charge in [0.1, 0.15) is 6.07 Å². The van der Waals surface area contributed by atoms with E-state index in [1.807, 2.05) is 12.1 Å². The SMILES string of the molecule is COc1cc(C2(CN)CCC2)cc(C#N)c1OC. The van der Waals surface area contributed by atoms with Crippen LogP contribution in [-0.2, 0) is 5.41 Å². The number of rotatable bonds is 4. The molecule has 0 amide bonds. The van der Waals surface area contributed by atoms with Crippen LogP contribution in [0.25, 0.3) is 0 Å². The molecule has 0 heterocycles. The molecule has 0 saturated heterocycles. The van der Waals surface area contributed by atoms with Crippen LogP contribution in [0.1, 0.15) is 30.4 Å². The van der Waals surface area contributed by atoms with Crippen molar-refractivity contribution in [1.82, 2.24) is 0 Å². The molecule has 0 radical (unpaired) electrons. The monoisotopic (exact) mass is 246 g/mol. The number of methoxy groups -OCH3 is 2. The fourth-order valence-corrected chi connectivity index (χ4v) is 2.57. The van der Waals surface area contributed by atoms with Crippen molar-refractivity contribution in [3.63, 3.8) is 0 Å². The molecule has 1 aromatic rings. The molecule has 18 heavy (non-hydrogen) atoms. The number of benzene rings is 1. The summed E-state index contributed by atoms with van der Waals surface area (Å²) in [4.78, 5) is 0. The Bertz CT molecular complexity index is 482. The van der Waals surface area contributed by atoms with Gasteiger partial charge in [-0.25, -0.2) is 0 Å². The molecule has 1 aliphatic carbocycles. The van der Waals surface area contributed by atoms with E-state index >= 15 is 0 Å². The van der Waals surface area contributed by atoms with Crippen molar-refractivity contribution in [3.8, 4) is 17.6 Å². The molecule has 0 aromatic heterocycles. The van der Waals surface area contributed by atoms with Gasteiger partial charge in [-0.15, -0.1) is 0 Å². The van der Waals surface area contributed by atoms with Gasteiger partial charge in [-0.3, -0.25) is 0 Å². The van der Waals surface area contributed by atoms with Gasteiger partial charge in [-0.1, -0.05) is 6.42 Å². The maximum absolute atomic E-state index is 9.21. The van der Waals surface area contributed by atoms with Gasteiger partial charge in [0.05, 0.1) is 19.8 Å². The van der Waals surface area contributed by atoms with Crippen LogP contribution >= 0.6 is 0 Å². The van der Waals surface area contributed by atoms with Crippen molar-refractivity contribution in [2.24, 2.45) is 5.73 Å². The van der Waals surface area contributed by atoms with Crippen molar-refractivity contribution < 1.29 is 9.47 Å². The molecule has 0 aliphatic heterocycles. The molecule has 0 atom stereocenters. The van der Waals surface area contributed by atoms with Gasteiger partial charge in [0.2, 0.25) is 0 Å². The highest BCUT2D eigenvalue weighted by atomic mass is 16.5. The first-order valence-corrected chi connectivity index (χ1v) is 6.07. The third-order valence-corrected chi connectivity index (χ3v) is 3.91. The number of nitrogens with zero attached hydrogens (tertiary/aromatic N) is 1. The summed E-state index contributed by atoms with van der Waals surface area (Å²) in [6.07, 6.45) is 3.33. The van der Waals surface area contributed by atoms with E-state index in [0.717, 1.165) is 18.4 Å². The Morgan fingerprint density at radius 2 is 2.06 bits per heavy atom. The number of hydrogen-bond acceptors (Lipinski definition) is 4. The number of ether oxygens (including phenoxy) is 2. The molecule has 96 valence electrons. The van der Waals surface area contributed by atoms with Crippen molar-refractivity contribution in [2.75, 3.05) is 20.8 Å². The number of hydrogen-bond donors (Lipinski definition) is 1. The predicted molar refractivity (Wildman–Crippen MR) is 68.8 cm³/mol. The van der Waals surface area contributed by atoms with Gasteiger partial charge < -0.3 is 15.2 Å². The Morgan fingerprint density at radius 1 is 1.33 bits per heavy atom. The molecule has 1 aromatic carbocycles. The molecule has 4 heteroatoms. The smallest absolute Gasteiger partial charge is 0.178 e. The van der Waals surface area contributed by atoms with Gasteiger partial charge in [-0.2, -0.15) is 5.26 Å². The summed E-state index contributed by atoms with van der Waals surface area (Å²) in [6, 6.07) is 5.99. The van der Waals surface area contributed by atoms with E-state index in [4.69, 9.17) is 15.2 Å². The van der Waals surface area contributed by atoms with Gasteiger partial charge in [0.15, 0.2) is 11.5 Å². The van der Waals surface area contributed by atoms with Gasteiger partial charge >= 0.3 is 0 Å². The second kappa shape index (κ2) is 4.87. The highest BCUT2D eigenvalue weighted by Gasteiger charge is 2.38. The molecule has 1 saturated carbocycles. The lowest BCUT2D eigenvalue weighted by Gasteiger charge is -2.41. The summed E-state index contributed by atoms with van der Waals surface area (Å²) < 4.78 is 10.5. The molecule has 0 spiro atoms. The average Bonchev–Trinajstić information content (AvgIpc) is 2.36. The van der Waals surface area contributed by atoms with Crippen molar-refractivity contribution in [1.29, 1.82) is 5.26 Å². The Balaban J connectivity index is 2.54. The minimum Gasteiger partial charge on any atom is -0.493 e. The van der Waals surface area contributed by atoms with Crippen LogP contribution < -0.4 is 15.2 Å². The maximum Gasteiger partial charge on any atom is 0.178 e.